The van der Waals surface area contributed by atoms with E-state index in [1.807, 2.05) is 13.8 Å². The van der Waals surface area contributed by atoms with E-state index in [4.69, 9.17) is 4.74 Å². The van der Waals surface area contributed by atoms with Gasteiger partial charge in [0.2, 0.25) is 0 Å². The summed E-state index contributed by atoms with van der Waals surface area (Å²) in [5.74, 6) is 0. The average Bonchev–Trinajstić information content (AvgIpc) is 2.20. The molecular weight excluding hydrogens is 220 g/mol. The first-order valence-corrected chi connectivity index (χ1v) is 8.90. The summed E-state index contributed by atoms with van der Waals surface area (Å²) in [5.41, 5.74) is 4.45. The Balaban J connectivity index is 4.36. The Morgan fingerprint density at radius 1 is 1.25 bits per heavy atom. The lowest BCUT2D eigenvalue weighted by Gasteiger charge is -2.09. The maximum atomic E-state index is 10.8. The Morgan fingerprint density at radius 3 is 2.25 bits per heavy atom. The lowest BCUT2D eigenvalue weighted by molar-refractivity contribution is 0.0797. The maximum absolute atomic E-state index is 10.8. The number of ether oxygens (including phenoxy) is 2. The Bertz CT molecular complexity index is 298. The second-order valence-electron chi connectivity index (χ2n) is 4.91. The monoisotopic (exact) mass is 242 g/mol. The van der Waals surface area contributed by atoms with Gasteiger partial charge in [-0.25, -0.2) is 4.79 Å². The minimum absolute atomic E-state index is 0.286. The molecule has 0 N–H and O–H groups in total. The lowest BCUT2D eigenvalue weighted by atomic mass is 10.2. The van der Waals surface area contributed by atoms with E-state index in [0.717, 1.165) is 11.1 Å². The quantitative estimate of drug-likeness (QED) is 0.430. The molecule has 0 bridgehead atoms. The van der Waals surface area contributed by atoms with Gasteiger partial charge in [-0.15, -0.1) is 0 Å². The van der Waals surface area contributed by atoms with E-state index in [2.05, 4.69) is 36.2 Å². The summed E-state index contributed by atoms with van der Waals surface area (Å²) in [6.45, 7) is 11.1. The molecule has 0 heterocycles. The van der Waals surface area contributed by atoms with E-state index in [9.17, 15) is 4.79 Å². The van der Waals surface area contributed by atoms with Crippen LogP contribution in [-0.2, 0) is 9.47 Å². The molecule has 0 atom stereocenters. The molecule has 0 aromatic rings. The predicted molar refractivity (Wildman–Crippen MR) is 69.2 cm³/mol. The molecule has 0 aromatic heterocycles. The van der Waals surface area contributed by atoms with Crippen LogP contribution >= 0.6 is 0 Å². The van der Waals surface area contributed by atoms with E-state index >= 15 is 0 Å². The fraction of sp³-hybridized carbons (Fsp3) is 0.583. The van der Waals surface area contributed by atoms with Gasteiger partial charge in [-0.05, 0) is 25.0 Å². The van der Waals surface area contributed by atoms with Crippen molar-refractivity contribution in [2.75, 3.05) is 13.7 Å². The molecule has 0 rings (SSSR count). The van der Waals surface area contributed by atoms with Crippen LogP contribution in [0.25, 0.3) is 0 Å². The van der Waals surface area contributed by atoms with Crippen LogP contribution in [0, 0.1) is 0 Å². The molecule has 0 fully saturated rings. The first-order valence-electron chi connectivity index (χ1n) is 5.32. The lowest BCUT2D eigenvalue weighted by Crippen LogP contribution is -2.15. The van der Waals surface area contributed by atoms with Gasteiger partial charge in [-0.2, -0.15) is 0 Å². The van der Waals surface area contributed by atoms with E-state index in [1.54, 1.807) is 0 Å². The summed E-state index contributed by atoms with van der Waals surface area (Å²) < 4.78 is 9.26. The third kappa shape index (κ3) is 7.28. The second-order valence-corrected chi connectivity index (χ2v) is 9.97. The Kier molecular flexibility index (Phi) is 6.11. The molecule has 0 saturated heterocycles. The molecule has 0 saturated carbocycles. The number of rotatable bonds is 4. The molecule has 0 aromatic carbocycles. The van der Waals surface area contributed by atoms with Gasteiger partial charge < -0.3 is 9.47 Å². The molecule has 0 aliphatic carbocycles. The van der Waals surface area contributed by atoms with Crippen LogP contribution < -0.4 is 0 Å². The van der Waals surface area contributed by atoms with Gasteiger partial charge in [0.15, 0.2) is 0 Å². The molecule has 0 spiro atoms. The molecule has 16 heavy (non-hydrogen) atoms. The summed E-state index contributed by atoms with van der Waals surface area (Å²) in [7, 11) is 0.140. The van der Waals surface area contributed by atoms with Crippen molar-refractivity contribution >= 4 is 14.2 Å². The van der Waals surface area contributed by atoms with Crippen molar-refractivity contribution in [1.29, 1.82) is 0 Å². The van der Waals surface area contributed by atoms with Gasteiger partial charge in [0.1, 0.15) is 6.61 Å². The zero-order valence-corrected chi connectivity index (χ0v) is 12.1. The van der Waals surface area contributed by atoms with E-state index in [-0.39, 0.29) is 6.61 Å². The van der Waals surface area contributed by atoms with Crippen molar-refractivity contribution in [2.45, 2.75) is 33.5 Å². The van der Waals surface area contributed by atoms with Crippen LogP contribution in [-0.4, -0.2) is 27.9 Å². The number of carbonyl (C=O) groups is 1. The Hall–Kier alpha value is -1.03. The number of hydrogen-bond donors (Lipinski definition) is 0. The van der Waals surface area contributed by atoms with Gasteiger partial charge >= 0.3 is 6.16 Å². The zero-order chi connectivity index (χ0) is 12.8. The second kappa shape index (κ2) is 6.53. The largest absolute Gasteiger partial charge is 0.508 e. The normalized spacial score (nSPS) is 13.6. The Labute approximate surface area is 99.1 Å². The summed E-state index contributed by atoms with van der Waals surface area (Å²) >= 11 is 0. The molecule has 0 unspecified atom stereocenters. The molecule has 0 aliphatic rings. The molecular formula is C12H22O3Si. The smallest absolute Gasteiger partial charge is 0.438 e. The minimum atomic E-state index is -1.16. The summed E-state index contributed by atoms with van der Waals surface area (Å²) in [4.78, 5) is 10.8. The minimum Gasteiger partial charge on any atom is -0.438 e. The fourth-order valence-electron chi connectivity index (χ4n) is 0.857. The van der Waals surface area contributed by atoms with Gasteiger partial charge in [-0.1, -0.05) is 31.4 Å². The van der Waals surface area contributed by atoms with Crippen LogP contribution in [0.5, 0.6) is 0 Å². The molecule has 92 valence electrons. The van der Waals surface area contributed by atoms with E-state index in [0.29, 0.717) is 0 Å². The molecule has 0 aliphatic heterocycles. The van der Waals surface area contributed by atoms with E-state index < -0.39 is 14.2 Å². The van der Waals surface area contributed by atoms with Crippen molar-refractivity contribution in [3.05, 3.63) is 22.9 Å². The van der Waals surface area contributed by atoms with Gasteiger partial charge in [-0.3, -0.25) is 0 Å². The Morgan fingerprint density at radius 2 is 1.81 bits per heavy atom. The number of hydrogen-bond acceptors (Lipinski definition) is 3. The summed E-state index contributed by atoms with van der Waals surface area (Å²) in [6.07, 6.45) is 1.48. The number of methoxy groups -OCH3 is 1. The first-order chi connectivity index (χ1) is 7.26. The third-order valence-corrected chi connectivity index (χ3v) is 3.25. The van der Waals surface area contributed by atoms with Crippen LogP contribution in [0.3, 0.4) is 0 Å². The summed E-state index contributed by atoms with van der Waals surface area (Å²) in [5, 5.41) is 0. The van der Waals surface area contributed by atoms with Crippen molar-refractivity contribution in [3.63, 3.8) is 0 Å². The topological polar surface area (TPSA) is 35.5 Å². The van der Waals surface area contributed by atoms with Crippen molar-refractivity contribution in [3.8, 4) is 0 Å². The highest BCUT2D eigenvalue weighted by Gasteiger charge is 2.07. The zero-order valence-electron chi connectivity index (χ0n) is 11.1. The molecule has 0 radical (unpaired) electrons. The number of carbonyl (C=O) groups excluding carboxylic acids is 1. The first kappa shape index (κ1) is 15.0. The van der Waals surface area contributed by atoms with E-state index in [1.165, 1.54) is 7.11 Å². The number of allylic oxidation sites excluding steroid dienone is 2. The van der Waals surface area contributed by atoms with Crippen LogP contribution in [0.1, 0.15) is 13.8 Å². The van der Waals surface area contributed by atoms with Crippen LogP contribution in [0.15, 0.2) is 22.9 Å². The highest BCUT2D eigenvalue weighted by atomic mass is 28.3. The fourth-order valence-corrected chi connectivity index (χ4v) is 1.61. The van der Waals surface area contributed by atoms with Crippen LogP contribution in [0.4, 0.5) is 4.79 Å². The third-order valence-electron chi connectivity index (χ3n) is 2.08. The van der Waals surface area contributed by atoms with Crippen molar-refractivity contribution < 1.29 is 14.3 Å². The van der Waals surface area contributed by atoms with Gasteiger partial charge in [0.25, 0.3) is 0 Å². The molecule has 3 nitrogen and oxygen atoms in total. The van der Waals surface area contributed by atoms with Crippen molar-refractivity contribution in [1.82, 2.24) is 0 Å². The highest BCUT2D eigenvalue weighted by molar-refractivity contribution is 6.81. The molecule has 4 heteroatoms. The van der Waals surface area contributed by atoms with Gasteiger partial charge in [0, 0.05) is 0 Å². The van der Waals surface area contributed by atoms with Crippen LogP contribution in [0.2, 0.25) is 19.6 Å². The standard InChI is InChI=1S/C12H22O3Si/c1-10(7-8-16(4,5)6)11(2)9-15-12(13)14-3/h7-8H,9H2,1-6H3/b8-7+,11-10-. The summed E-state index contributed by atoms with van der Waals surface area (Å²) in [6, 6.07) is 0. The SMILES string of the molecule is COC(=O)OC/C(C)=C(C)\C=C\[Si](C)(C)C. The van der Waals surface area contributed by atoms with Crippen molar-refractivity contribution in [2.24, 2.45) is 0 Å². The van der Waals surface area contributed by atoms with Gasteiger partial charge in [0.05, 0.1) is 15.2 Å². The highest BCUT2D eigenvalue weighted by Crippen LogP contribution is 2.09. The maximum Gasteiger partial charge on any atom is 0.508 e. The average molecular weight is 242 g/mol. The predicted octanol–water partition coefficient (Wildman–Crippen LogP) is 3.54. The molecule has 0 amide bonds.